The molecule has 0 aromatic heterocycles. The van der Waals surface area contributed by atoms with Crippen molar-refractivity contribution in [1.29, 1.82) is 0 Å². The molecule has 2 amide bonds. The van der Waals surface area contributed by atoms with Gasteiger partial charge in [-0.1, -0.05) is 12.1 Å². The Morgan fingerprint density at radius 2 is 1.67 bits per heavy atom. The fourth-order valence-corrected chi connectivity index (χ4v) is 1.54. The van der Waals surface area contributed by atoms with Crippen LogP contribution in [0.1, 0.15) is 32.4 Å². The second-order valence-corrected chi connectivity index (χ2v) is 4.20. The molecule has 0 aliphatic heterocycles. The Kier molecular flexibility index (Phi) is 4.83. The van der Waals surface area contributed by atoms with Gasteiger partial charge in [0.1, 0.15) is 11.9 Å². The SMILES string of the molecule is CC(=O)N[C@@H](C)C(=O)N[C@H](C)c1ccc(F)cc1. The summed E-state index contributed by atoms with van der Waals surface area (Å²) in [6, 6.07) is 5.08. The van der Waals surface area contributed by atoms with Gasteiger partial charge in [-0.05, 0) is 31.5 Å². The minimum Gasteiger partial charge on any atom is -0.348 e. The van der Waals surface area contributed by atoms with Gasteiger partial charge < -0.3 is 10.6 Å². The second kappa shape index (κ2) is 6.14. The highest BCUT2D eigenvalue weighted by molar-refractivity contribution is 5.86. The second-order valence-electron chi connectivity index (χ2n) is 4.20. The quantitative estimate of drug-likeness (QED) is 0.853. The standard InChI is InChI=1S/C13H17FN2O2/c1-8(11-4-6-12(14)7-5-11)16-13(18)9(2)15-10(3)17/h4-9H,1-3H3,(H,15,17)(H,16,18)/t8-,9+/m1/s1. The van der Waals surface area contributed by atoms with Crippen molar-refractivity contribution < 1.29 is 14.0 Å². The largest absolute Gasteiger partial charge is 0.348 e. The van der Waals surface area contributed by atoms with Gasteiger partial charge in [0.25, 0.3) is 0 Å². The zero-order chi connectivity index (χ0) is 13.7. The molecule has 2 atom stereocenters. The molecule has 0 bridgehead atoms. The fraction of sp³-hybridized carbons (Fsp3) is 0.385. The van der Waals surface area contributed by atoms with E-state index in [1.807, 2.05) is 0 Å². The third kappa shape index (κ3) is 4.16. The molecule has 0 saturated carbocycles. The lowest BCUT2D eigenvalue weighted by molar-refractivity contribution is -0.128. The van der Waals surface area contributed by atoms with Crippen LogP contribution in [0.15, 0.2) is 24.3 Å². The Morgan fingerprint density at radius 3 is 2.17 bits per heavy atom. The average Bonchev–Trinajstić information content (AvgIpc) is 2.28. The summed E-state index contributed by atoms with van der Waals surface area (Å²) in [5.41, 5.74) is 0.805. The molecule has 1 aromatic carbocycles. The van der Waals surface area contributed by atoms with E-state index in [0.29, 0.717) is 0 Å². The summed E-state index contributed by atoms with van der Waals surface area (Å²) < 4.78 is 12.7. The number of carbonyl (C=O) groups excluding carboxylic acids is 2. The normalized spacial score (nSPS) is 13.6. The van der Waals surface area contributed by atoms with E-state index in [1.165, 1.54) is 19.1 Å². The molecule has 0 saturated heterocycles. The topological polar surface area (TPSA) is 58.2 Å². The van der Waals surface area contributed by atoms with E-state index in [0.717, 1.165) is 5.56 Å². The van der Waals surface area contributed by atoms with Gasteiger partial charge in [0.05, 0.1) is 6.04 Å². The number of carbonyl (C=O) groups is 2. The van der Waals surface area contributed by atoms with Gasteiger partial charge >= 0.3 is 0 Å². The van der Waals surface area contributed by atoms with Gasteiger partial charge in [-0.15, -0.1) is 0 Å². The van der Waals surface area contributed by atoms with Crippen LogP contribution in [0.2, 0.25) is 0 Å². The maximum Gasteiger partial charge on any atom is 0.242 e. The highest BCUT2D eigenvalue weighted by Crippen LogP contribution is 2.12. The molecule has 2 N–H and O–H groups in total. The first-order chi connectivity index (χ1) is 8.40. The van der Waals surface area contributed by atoms with E-state index in [-0.39, 0.29) is 23.7 Å². The Hall–Kier alpha value is -1.91. The molecule has 0 radical (unpaired) electrons. The number of rotatable bonds is 4. The van der Waals surface area contributed by atoms with Gasteiger partial charge in [-0.3, -0.25) is 9.59 Å². The van der Waals surface area contributed by atoms with Crippen LogP contribution in [0.25, 0.3) is 0 Å². The van der Waals surface area contributed by atoms with Crippen LogP contribution in [0, 0.1) is 5.82 Å². The Morgan fingerprint density at radius 1 is 1.11 bits per heavy atom. The maximum absolute atomic E-state index is 12.7. The number of benzene rings is 1. The zero-order valence-corrected chi connectivity index (χ0v) is 10.7. The monoisotopic (exact) mass is 252 g/mol. The number of hydrogen-bond donors (Lipinski definition) is 2. The summed E-state index contributed by atoms with van der Waals surface area (Å²) in [5.74, 6) is -0.849. The van der Waals surface area contributed by atoms with Crippen LogP contribution in [-0.2, 0) is 9.59 Å². The van der Waals surface area contributed by atoms with Gasteiger partial charge in [-0.25, -0.2) is 4.39 Å². The summed E-state index contributed by atoms with van der Waals surface area (Å²) >= 11 is 0. The van der Waals surface area contributed by atoms with Gasteiger partial charge in [0.2, 0.25) is 11.8 Å². The van der Waals surface area contributed by atoms with Crippen molar-refractivity contribution in [3.8, 4) is 0 Å². The summed E-state index contributed by atoms with van der Waals surface area (Å²) in [4.78, 5) is 22.5. The molecule has 0 unspecified atom stereocenters. The van der Waals surface area contributed by atoms with Crippen LogP contribution in [0.4, 0.5) is 4.39 Å². The van der Waals surface area contributed by atoms with E-state index >= 15 is 0 Å². The van der Waals surface area contributed by atoms with Crippen molar-refractivity contribution in [3.05, 3.63) is 35.6 Å². The van der Waals surface area contributed by atoms with Crippen LogP contribution < -0.4 is 10.6 Å². The molecule has 1 aromatic rings. The van der Waals surface area contributed by atoms with E-state index in [1.54, 1.807) is 26.0 Å². The lowest BCUT2D eigenvalue weighted by Crippen LogP contribution is -2.44. The smallest absolute Gasteiger partial charge is 0.242 e. The fourth-order valence-electron chi connectivity index (χ4n) is 1.54. The maximum atomic E-state index is 12.7. The first-order valence-corrected chi connectivity index (χ1v) is 5.73. The molecule has 0 aliphatic rings. The Bertz CT molecular complexity index is 431. The van der Waals surface area contributed by atoms with Crippen molar-refractivity contribution >= 4 is 11.8 Å². The van der Waals surface area contributed by atoms with Gasteiger partial charge in [0.15, 0.2) is 0 Å². The number of nitrogens with one attached hydrogen (secondary N) is 2. The molecule has 0 aliphatic carbocycles. The molecule has 1 rings (SSSR count). The van der Waals surface area contributed by atoms with Crippen molar-refractivity contribution in [2.75, 3.05) is 0 Å². The Labute approximate surface area is 106 Å². The highest BCUT2D eigenvalue weighted by Gasteiger charge is 2.16. The van der Waals surface area contributed by atoms with Crippen molar-refractivity contribution in [2.45, 2.75) is 32.9 Å². The summed E-state index contributed by atoms with van der Waals surface area (Å²) in [6.45, 7) is 4.76. The summed E-state index contributed by atoms with van der Waals surface area (Å²) in [7, 11) is 0. The number of halogens is 1. The van der Waals surface area contributed by atoms with Gasteiger partial charge in [-0.2, -0.15) is 0 Å². The summed E-state index contributed by atoms with van der Waals surface area (Å²) in [5, 5.41) is 5.24. The lowest BCUT2D eigenvalue weighted by Gasteiger charge is -2.18. The van der Waals surface area contributed by atoms with Crippen LogP contribution in [0.5, 0.6) is 0 Å². The van der Waals surface area contributed by atoms with Gasteiger partial charge in [0, 0.05) is 6.92 Å². The highest BCUT2D eigenvalue weighted by atomic mass is 19.1. The van der Waals surface area contributed by atoms with Crippen LogP contribution in [0.3, 0.4) is 0 Å². The van der Waals surface area contributed by atoms with Crippen LogP contribution in [-0.4, -0.2) is 17.9 Å². The van der Waals surface area contributed by atoms with Crippen molar-refractivity contribution in [1.82, 2.24) is 10.6 Å². The van der Waals surface area contributed by atoms with Crippen LogP contribution >= 0.6 is 0 Å². The lowest BCUT2D eigenvalue weighted by atomic mass is 10.1. The molecule has 4 nitrogen and oxygen atoms in total. The molecular formula is C13H17FN2O2. The zero-order valence-electron chi connectivity index (χ0n) is 10.7. The third-order valence-corrected chi connectivity index (χ3v) is 2.54. The van der Waals surface area contributed by atoms with Crippen molar-refractivity contribution in [3.63, 3.8) is 0 Å². The average molecular weight is 252 g/mol. The minimum atomic E-state index is -0.592. The molecule has 98 valence electrons. The first-order valence-electron chi connectivity index (χ1n) is 5.73. The number of amides is 2. The molecular weight excluding hydrogens is 235 g/mol. The third-order valence-electron chi connectivity index (χ3n) is 2.54. The van der Waals surface area contributed by atoms with E-state index < -0.39 is 6.04 Å². The summed E-state index contributed by atoms with van der Waals surface area (Å²) in [6.07, 6.45) is 0. The molecule has 0 spiro atoms. The molecule has 0 fully saturated rings. The predicted octanol–water partition coefficient (Wildman–Crippen LogP) is 1.53. The van der Waals surface area contributed by atoms with E-state index in [9.17, 15) is 14.0 Å². The molecule has 5 heteroatoms. The van der Waals surface area contributed by atoms with E-state index in [2.05, 4.69) is 10.6 Å². The predicted molar refractivity (Wildman–Crippen MR) is 66.2 cm³/mol. The minimum absolute atomic E-state index is 0.241. The molecule has 18 heavy (non-hydrogen) atoms. The molecule has 0 heterocycles. The number of hydrogen-bond acceptors (Lipinski definition) is 2. The van der Waals surface area contributed by atoms with E-state index in [4.69, 9.17) is 0 Å². The first kappa shape index (κ1) is 14.2. The van der Waals surface area contributed by atoms with Crippen molar-refractivity contribution in [2.24, 2.45) is 0 Å². The Balaban J connectivity index is 2.59.